The zero-order valence-corrected chi connectivity index (χ0v) is 14.6. The van der Waals surface area contributed by atoms with Crippen LogP contribution in [0.25, 0.3) is 0 Å². The van der Waals surface area contributed by atoms with E-state index in [-0.39, 0.29) is 12.0 Å². The van der Waals surface area contributed by atoms with Gasteiger partial charge in [-0.05, 0) is 48.5 Å². The highest BCUT2D eigenvalue weighted by atomic mass is 16.5. The number of likely N-dealkylation sites (N-methyl/N-ethyl adjacent to an activating group) is 1. The van der Waals surface area contributed by atoms with Crippen molar-refractivity contribution in [1.29, 1.82) is 0 Å². The molecule has 1 aromatic heterocycles. The normalized spacial score (nSPS) is 13.0. The van der Waals surface area contributed by atoms with Crippen LogP contribution in [0, 0.1) is 13.8 Å². The first-order valence-corrected chi connectivity index (χ1v) is 7.60. The summed E-state index contributed by atoms with van der Waals surface area (Å²) >= 11 is 0. The van der Waals surface area contributed by atoms with Crippen molar-refractivity contribution in [3.63, 3.8) is 0 Å². The van der Waals surface area contributed by atoms with Crippen LogP contribution in [-0.4, -0.2) is 39.8 Å². The molecule has 0 aromatic carbocycles. The Morgan fingerprint density at radius 3 is 2.24 bits per heavy atom. The highest BCUT2D eigenvalue weighted by molar-refractivity contribution is 5.80. The van der Waals surface area contributed by atoms with Crippen molar-refractivity contribution in [3.05, 3.63) is 17.0 Å². The van der Waals surface area contributed by atoms with E-state index in [1.165, 1.54) is 0 Å². The molecule has 120 valence electrons. The van der Waals surface area contributed by atoms with Gasteiger partial charge >= 0.3 is 0 Å². The Bertz CT molecular complexity index is 492. The lowest BCUT2D eigenvalue weighted by Crippen LogP contribution is -2.37. The first kappa shape index (κ1) is 17.7. The Balaban J connectivity index is 2.84. The minimum absolute atomic E-state index is 0.000188. The fraction of sp³-hybridized carbons (Fsp3) is 0.750. The second kappa shape index (κ2) is 7.07. The van der Waals surface area contributed by atoms with Crippen LogP contribution in [0.1, 0.15) is 57.6 Å². The van der Waals surface area contributed by atoms with Gasteiger partial charge in [0.2, 0.25) is 0 Å². The van der Waals surface area contributed by atoms with E-state index >= 15 is 0 Å². The Kier molecular flexibility index (Phi) is 5.96. The first-order valence-electron chi connectivity index (χ1n) is 7.60. The topological polar surface area (TPSA) is 47.4 Å². The molecule has 0 spiro atoms. The molecule has 5 nitrogen and oxygen atoms in total. The van der Waals surface area contributed by atoms with E-state index in [1.807, 2.05) is 32.5 Å². The lowest BCUT2D eigenvalue weighted by Gasteiger charge is -2.23. The number of ether oxygens (including phenoxy) is 1. The Hall–Kier alpha value is -1.36. The third kappa shape index (κ3) is 4.30. The van der Waals surface area contributed by atoms with E-state index in [0.29, 0.717) is 12.6 Å². The van der Waals surface area contributed by atoms with Gasteiger partial charge in [-0.15, -0.1) is 0 Å². The highest BCUT2D eigenvalue weighted by Crippen LogP contribution is 2.19. The molecule has 0 bridgehead atoms. The minimum atomic E-state index is -0.421. The smallest absolute Gasteiger partial charge is 0.251 e. The molecule has 0 saturated carbocycles. The third-order valence-electron chi connectivity index (χ3n) is 3.56. The molecule has 21 heavy (non-hydrogen) atoms. The van der Waals surface area contributed by atoms with Crippen molar-refractivity contribution in [3.8, 4) is 0 Å². The summed E-state index contributed by atoms with van der Waals surface area (Å²) in [5, 5.41) is 4.56. The van der Waals surface area contributed by atoms with Crippen molar-refractivity contribution in [2.24, 2.45) is 0 Å². The molecule has 0 N–H and O–H groups in total. The van der Waals surface area contributed by atoms with Crippen molar-refractivity contribution < 1.29 is 9.53 Å². The fourth-order valence-electron chi connectivity index (χ4n) is 2.52. The molecule has 1 heterocycles. The first-order chi connectivity index (χ1) is 9.65. The van der Waals surface area contributed by atoms with Gasteiger partial charge in [-0.3, -0.25) is 9.48 Å². The van der Waals surface area contributed by atoms with E-state index in [4.69, 9.17) is 4.74 Å². The number of nitrogens with zero attached hydrogens (tertiary/aromatic N) is 3. The maximum Gasteiger partial charge on any atom is 0.251 e. The maximum atomic E-state index is 12.3. The van der Waals surface area contributed by atoms with E-state index in [0.717, 1.165) is 17.0 Å². The number of rotatable bonds is 6. The summed E-state index contributed by atoms with van der Waals surface area (Å²) in [6.07, 6.45) is -0.375. The standard InChI is InChI=1S/C16H29N3O2/c1-10(2)19-13(6)15(12(5)17-19)9-18(8)16(20)14(7)21-11(3)4/h10-11,14H,9H2,1-8H3. The number of aromatic nitrogens is 2. The zero-order valence-electron chi connectivity index (χ0n) is 14.6. The summed E-state index contributed by atoms with van der Waals surface area (Å²) in [6, 6.07) is 0.321. The summed E-state index contributed by atoms with van der Waals surface area (Å²) < 4.78 is 7.57. The number of aryl methyl sites for hydroxylation is 1. The molecule has 0 aliphatic carbocycles. The molecule has 1 rings (SSSR count). The summed E-state index contributed by atoms with van der Waals surface area (Å²) in [5.41, 5.74) is 3.23. The second-order valence-electron chi connectivity index (χ2n) is 6.21. The monoisotopic (exact) mass is 295 g/mol. The van der Waals surface area contributed by atoms with Gasteiger partial charge in [0, 0.05) is 30.9 Å². The number of hydrogen-bond acceptors (Lipinski definition) is 3. The zero-order chi connectivity index (χ0) is 16.3. The van der Waals surface area contributed by atoms with Crippen LogP contribution in [0.5, 0.6) is 0 Å². The van der Waals surface area contributed by atoms with Crippen molar-refractivity contribution in [2.75, 3.05) is 7.05 Å². The van der Waals surface area contributed by atoms with Crippen LogP contribution in [0.3, 0.4) is 0 Å². The van der Waals surface area contributed by atoms with Crippen LogP contribution in [-0.2, 0) is 16.1 Å². The minimum Gasteiger partial charge on any atom is -0.366 e. The van der Waals surface area contributed by atoms with E-state index in [2.05, 4.69) is 25.9 Å². The van der Waals surface area contributed by atoms with Gasteiger partial charge in [-0.2, -0.15) is 5.10 Å². The van der Waals surface area contributed by atoms with Crippen LogP contribution in [0.4, 0.5) is 0 Å². The van der Waals surface area contributed by atoms with E-state index in [1.54, 1.807) is 11.8 Å². The van der Waals surface area contributed by atoms with Crippen molar-refractivity contribution in [2.45, 2.75) is 73.3 Å². The summed E-state index contributed by atoms with van der Waals surface area (Å²) in [6.45, 7) is 14.5. The number of amides is 1. The molecular weight excluding hydrogens is 266 g/mol. The number of carbonyl (C=O) groups excluding carboxylic acids is 1. The molecule has 1 aromatic rings. The lowest BCUT2D eigenvalue weighted by molar-refractivity contribution is -0.144. The average molecular weight is 295 g/mol. The molecule has 5 heteroatoms. The molecule has 0 aliphatic rings. The van der Waals surface area contributed by atoms with Crippen LogP contribution in [0.2, 0.25) is 0 Å². The Labute approximate surface area is 128 Å². The Morgan fingerprint density at radius 2 is 1.81 bits per heavy atom. The quantitative estimate of drug-likeness (QED) is 0.811. The molecule has 1 unspecified atom stereocenters. The van der Waals surface area contributed by atoms with Gasteiger partial charge < -0.3 is 9.64 Å². The van der Waals surface area contributed by atoms with Crippen molar-refractivity contribution in [1.82, 2.24) is 14.7 Å². The molecule has 0 radical (unpaired) electrons. The molecule has 1 amide bonds. The van der Waals surface area contributed by atoms with Crippen LogP contribution >= 0.6 is 0 Å². The largest absolute Gasteiger partial charge is 0.366 e. The second-order valence-corrected chi connectivity index (χ2v) is 6.21. The lowest BCUT2D eigenvalue weighted by atomic mass is 10.1. The molecule has 0 aliphatic heterocycles. The number of carbonyl (C=O) groups is 1. The van der Waals surface area contributed by atoms with E-state index < -0.39 is 6.10 Å². The van der Waals surface area contributed by atoms with Crippen LogP contribution < -0.4 is 0 Å². The predicted octanol–water partition coefficient (Wildman–Crippen LogP) is 2.85. The average Bonchev–Trinajstić information content (AvgIpc) is 2.65. The van der Waals surface area contributed by atoms with Crippen LogP contribution in [0.15, 0.2) is 0 Å². The number of hydrogen-bond donors (Lipinski definition) is 0. The van der Waals surface area contributed by atoms with Gasteiger partial charge in [0.1, 0.15) is 6.10 Å². The molecule has 1 atom stereocenters. The third-order valence-corrected chi connectivity index (χ3v) is 3.56. The van der Waals surface area contributed by atoms with Gasteiger partial charge in [-0.1, -0.05) is 0 Å². The molecule has 0 saturated heterocycles. The molecule has 0 fully saturated rings. The summed E-state index contributed by atoms with van der Waals surface area (Å²) in [4.78, 5) is 14.0. The summed E-state index contributed by atoms with van der Waals surface area (Å²) in [5.74, 6) is -0.000188. The SMILES string of the molecule is Cc1nn(C(C)C)c(C)c1CN(C)C(=O)C(C)OC(C)C. The van der Waals surface area contributed by atoms with Gasteiger partial charge in [-0.25, -0.2) is 0 Å². The van der Waals surface area contributed by atoms with E-state index in [9.17, 15) is 4.79 Å². The Morgan fingerprint density at radius 1 is 1.24 bits per heavy atom. The maximum absolute atomic E-state index is 12.3. The van der Waals surface area contributed by atoms with Crippen molar-refractivity contribution >= 4 is 5.91 Å². The van der Waals surface area contributed by atoms with Gasteiger partial charge in [0.05, 0.1) is 11.8 Å². The van der Waals surface area contributed by atoms with Gasteiger partial charge in [0.15, 0.2) is 0 Å². The summed E-state index contributed by atoms with van der Waals surface area (Å²) in [7, 11) is 1.81. The highest BCUT2D eigenvalue weighted by Gasteiger charge is 2.22. The predicted molar refractivity (Wildman–Crippen MR) is 84.2 cm³/mol. The van der Waals surface area contributed by atoms with Gasteiger partial charge in [0.25, 0.3) is 5.91 Å². The molecular formula is C16H29N3O2. The fourth-order valence-corrected chi connectivity index (χ4v) is 2.52.